The van der Waals surface area contributed by atoms with Crippen LogP contribution in [0.5, 0.6) is 0 Å². The van der Waals surface area contributed by atoms with Crippen molar-refractivity contribution in [1.82, 2.24) is 39.7 Å². The van der Waals surface area contributed by atoms with E-state index >= 15 is 0 Å². The van der Waals surface area contributed by atoms with E-state index < -0.39 is 11.5 Å². The Kier molecular flexibility index (Phi) is 11.3. The van der Waals surface area contributed by atoms with Crippen molar-refractivity contribution < 1.29 is 19.1 Å². The number of urea groups is 1. The molecule has 3 aliphatic rings. The van der Waals surface area contributed by atoms with Crippen LogP contribution in [0.15, 0.2) is 53.5 Å². The van der Waals surface area contributed by atoms with E-state index in [0.717, 1.165) is 77.5 Å². The van der Waals surface area contributed by atoms with E-state index in [1.54, 1.807) is 15.8 Å². The summed E-state index contributed by atoms with van der Waals surface area (Å²) in [5.74, 6) is -0.332. The number of nitrogens with one attached hydrogen (secondary N) is 2. The van der Waals surface area contributed by atoms with E-state index in [0.29, 0.717) is 51.5 Å². The summed E-state index contributed by atoms with van der Waals surface area (Å²) in [4.78, 5) is 65.4. The van der Waals surface area contributed by atoms with Crippen LogP contribution < -0.4 is 10.9 Å². The third-order valence-electron chi connectivity index (χ3n) is 11.8. The number of likely N-dealkylation sites (tertiary alicyclic amines) is 2. The van der Waals surface area contributed by atoms with Crippen molar-refractivity contribution in [1.29, 1.82) is 0 Å². The van der Waals surface area contributed by atoms with Gasteiger partial charge in [-0.3, -0.25) is 19.3 Å². The first-order chi connectivity index (χ1) is 26.3. The van der Waals surface area contributed by atoms with Gasteiger partial charge in [0.1, 0.15) is 6.04 Å². The topological polar surface area (TPSA) is 136 Å². The monoisotopic (exact) mass is 752 g/mol. The Balaban J connectivity index is 1.05. The van der Waals surface area contributed by atoms with Crippen LogP contribution in [0.3, 0.4) is 0 Å². The van der Waals surface area contributed by atoms with Gasteiger partial charge in [0, 0.05) is 68.2 Å². The summed E-state index contributed by atoms with van der Waals surface area (Å²) in [6.45, 7) is 13.5. The summed E-state index contributed by atoms with van der Waals surface area (Å²) in [6, 6.07) is 13.3. The molecule has 2 N–H and O–H groups in total. The number of aromatic nitrogens is 3. The number of carbonyl (C=O) groups excluding carboxylic acids is 3. The molecule has 0 unspecified atom stereocenters. The average Bonchev–Trinajstić information content (AvgIpc) is 3.59. The molecule has 2 aromatic heterocycles. The average molecular weight is 753 g/mol. The lowest BCUT2D eigenvalue weighted by Gasteiger charge is -2.43. The van der Waals surface area contributed by atoms with Crippen LogP contribution in [0.25, 0.3) is 21.8 Å². The number of H-pyrrole nitrogens is 1. The van der Waals surface area contributed by atoms with E-state index in [-0.39, 0.29) is 36.1 Å². The molecule has 7 rings (SSSR count). The van der Waals surface area contributed by atoms with Gasteiger partial charge in [-0.1, -0.05) is 24.3 Å². The first-order valence-electron chi connectivity index (χ1n) is 19.8. The fraction of sp³-hybridized carbons (Fsp3) is 0.548. The van der Waals surface area contributed by atoms with Crippen LogP contribution >= 0.6 is 0 Å². The Morgan fingerprint density at radius 3 is 2.33 bits per heavy atom. The SMILES string of the molecule is Cc1cc(C[C@@H](NC(=O)N2CCC(c3cc4ccccc4[nH]c3=O)CC2)C(=O)N2CCN(C3CCN(C)CC3)CC2)cc2cnn(COC(=O)C(C)(C)C)c12. The second-order valence-corrected chi connectivity index (χ2v) is 16.8. The van der Waals surface area contributed by atoms with Gasteiger partial charge < -0.3 is 29.7 Å². The zero-order valence-corrected chi connectivity index (χ0v) is 33.0. The van der Waals surface area contributed by atoms with Gasteiger partial charge in [-0.25, -0.2) is 9.48 Å². The molecular formula is C42H56N8O5. The molecule has 13 nitrogen and oxygen atoms in total. The standard InChI is InChI=1S/C42H56N8O5/c1-28-22-29(23-32-26-43-50(37(28)32)27-55-40(53)42(2,3)4)24-36(39(52)48-20-18-47(19-21-48)33-12-14-46(5)15-13-33)45-41(54)49-16-10-30(11-17-49)34-25-31-8-6-7-9-35(31)44-38(34)51/h6-9,22-23,25-26,30,33,36H,10-21,24,27H2,1-5H3,(H,44,51)(H,45,54)/t36-/m1/s1. The molecule has 0 spiro atoms. The lowest BCUT2D eigenvalue weighted by molar-refractivity contribution is -0.157. The minimum Gasteiger partial charge on any atom is -0.442 e. The van der Waals surface area contributed by atoms with Crippen LogP contribution in [-0.2, 0) is 27.5 Å². The minimum atomic E-state index is -0.761. The maximum absolute atomic E-state index is 14.4. The van der Waals surface area contributed by atoms with Crippen LogP contribution in [-0.4, -0.2) is 124 Å². The van der Waals surface area contributed by atoms with Crippen molar-refractivity contribution in [3.8, 4) is 0 Å². The lowest BCUT2D eigenvalue weighted by atomic mass is 9.89. The number of nitrogens with zero attached hydrogens (tertiary/aromatic N) is 6. The lowest BCUT2D eigenvalue weighted by Crippen LogP contribution is -2.59. The number of carbonyl (C=O) groups is 3. The summed E-state index contributed by atoms with van der Waals surface area (Å²) in [6.07, 6.45) is 5.69. The zero-order chi connectivity index (χ0) is 38.9. The largest absolute Gasteiger partial charge is 0.442 e. The summed E-state index contributed by atoms with van der Waals surface area (Å²) >= 11 is 0. The van der Waals surface area contributed by atoms with Gasteiger partial charge >= 0.3 is 12.0 Å². The number of piperidine rings is 2. The van der Waals surface area contributed by atoms with Gasteiger partial charge in [0.25, 0.3) is 5.56 Å². The molecule has 5 heterocycles. The fourth-order valence-corrected chi connectivity index (χ4v) is 8.50. The second kappa shape index (κ2) is 16.2. The van der Waals surface area contributed by atoms with Crippen molar-refractivity contribution in [3.05, 3.63) is 75.7 Å². The highest BCUT2D eigenvalue weighted by molar-refractivity contribution is 5.88. The number of esters is 1. The molecule has 55 heavy (non-hydrogen) atoms. The highest BCUT2D eigenvalue weighted by Crippen LogP contribution is 2.28. The van der Waals surface area contributed by atoms with Crippen molar-refractivity contribution in [2.24, 2.45) is 5.41 Å². The smallest absolute Gasteiger partial charge is 0.318 e. The van der Waals surface area contributed by atoms with Gasteiger partial charge in [-0.05, 0) is 114 Å². The predicted molar refractivity (Wildman–Crippen MR) is 213 cm³/mol. The Morgan fingerprint density at radius 1 is 0.909 bits per heavy atom. The quantitative estimate of drug-likeness (QED) is 0.252. The van der Waals surface area contributed by atoms with E-state index in [9.17, 15) is 19.2 Å². The second-order valence-electron chi connectivity index (χ2n) is 16.8. The first-order valence-corrected chi connectivity index (χ1v) is 19.8. The first kappa shape index (κ1) is 38.5. The molecule has 3 aliphatic heterocycles. The molecule has 0 aliphatic carbocycles. The van der Waals surface area contributed by atoms with Crippen molar-refractivity contribution >= 4 is 39.7 Å². The number of para-hydroxylation sites is 1. The number of rotatable bonds is 8. The Labute approximate surface area is 322 Å². The van der Waals surface area contributed by atoms with Gasteiger partial charge in [0.15, 0.2) is 6.73 Å². The van der Waals surface area contributed by atoms with Gasteiger partial charge in [0.05, 0.1) is 17.1 Å². The summed E-state index contributed by atoms with van der Waals surface area (Å²) in [5.41, 5.74) is 3.58. The third-order valence-corrected chi connectivity index (χ3v) is 11.8. The van der Waals surface area contributed by atoms with Crippen molar-refractivity contribution in [3.63, 3.8) is 0 Å². The number of amides is 3. The molecule has 1 atom stereocenters. The number of aromatic amines is 1. The minimum absolute atomic E-state index is 0.00638. The summed E-state index contributed by atoms with van der Waals surface area (Å²) in [5, 5.41) is 9.53. The Bertz CT molecular complexity index is 2080. The molecule has 0 radical (unpaired) electrons. The summed E-state index contributed by atoms with van der Waals surface area (Å²) < 4.78 is 7.23. The number of pyridine rings is 1. The van der Waals surface area contributed by atoms with Gasteiger partial charge in [-0.2, -0.15) is 5.10 Å². The Morgan fingerprint density at radius 2 is 1.62 bits per heavy atom. The summed E-state index contributed by atoms with van der Waals surface area (Å²) in [7, 11) is 2.17. The molecule has 2 aromatic carbocycles. The number of hydrogen-bond donors (Lipinski definition) is 2. The van der Waals surface area contributed by atoms with E-state index in [4.69, 9.17) is 4.74 Å². The van der Waals surface area contributed by atoms with E-state index in [2.05, 4.69) is 32.2 Å². The van der Waals surface area contributed by atoms with Crippen LogP contribution in [0, 0.1) is 12.3 Å². The van der Waals surface area contributed by atoms with E-state index in [1.807, 2.05) is 75.1 Å². The molecule has 3 fully saturated rings. The van der Waals surface area contributed by atoms with Crippen LogP contribution in [0.1, 0.15) is 69.1 Å². The zero-order valence-electron chi connectivity index (χ0n) is 33.0. The van der Waals surface area contributed by atoms with Crippen molar-refractivity contribution in [2.45, 2.75) is 84.5 Å². The molecule has 3 saturated heterocycles. The molecule has 3 amide bonds. The molecule has 294 valence electrons. The number of benzene rings is 2. The number of hydrogen-bond acceptors (Lipinski definition) is 8. The van der Waals surface area contributed by atoms with Crippen LogP contribution in [0.4, 0.5) is 4.79 Å². The molecule has 13 heteroatoms. The van der Waals surface area contributed by atoms with E-state index in [1.165, 1.54) is 0 Å². The molecule has 4 aromatic rings. The van der Waals surface area contributed by atoms with Crippen molar-refractivity contribution in [2.75, 3.05) is 59.4 Å². The van der Waals surface area contributed by atoms with Gasteiger partial charge in [0.2, 0.25) is 5.91 Å². The van der Waals surface area contributed by atoms with Gasteiger partial charge in [-0.15, -0.1) is 0 Å². The number of aryl methyl sites for hydroxylation is 1. The molecule has 0 saturated carbocycles. The number of fused-ring (bicyclic) bond motifs is 2. The third kappa shape index (κ3) is 8.73. The normalized spacial score (nSPS) is 18.9. The molecule has 0 bridgehead atoms. The highest BCUT2D eigenvalue weighted by Gasteiger charge is 2.34. The van der Waals surface area contributed by atoms with Crippen LogP contribution in [0.2, 0.25) is 0 Å². The maximum atomic E-state index is 14.4. The maximum Gasteiger partial charge on any atom is 0.318 e. The molecular weight excluding hydrogens is 697 g/mol. The number of ether oxygens (including phenoxy) is 1. The fourth-order valence-electron chi connectivity index (χ4n) is 8.50. The predicted octanol–water partition coefficient (Wildman–Crippen LogP) is 4.47. The number of piperazine rings is 1. The highest BCUT2D eigenvalue weighted by atomic mass is 16.5. The Hall–Kier alpha value is -4.75.